The molecule has 142 valence electrons. The minimum atomic E-state index is 0.528. The van der Waals surface area contributed by atoms with Gasteiger partial charge >= 0.3 is 0 Å². The smallest absolute Gasteiger partial charge is 0.0813 e. The Morgan fingerprint density at radius 1 is 0.667 bits per heavy atom. The molecule has 0 aromatic carbocycles. The van der Waals surface area contributed by atoms with Crippen LogP contribution in [0.2, 0.25) is 0 Å². The molecule has 0 amide bonds. The van der Waals surface area contributed by atoms with E-state index in [1.165, 1.54) is 96.3 Å². The van der Waals surface area contributed by atoms with E-state index in [-0.39, 0.29) is 0 Å². The summed E-state index contributed by atoms with van der Waals surface area (Å²) in [6, 6.07) is 0. The number of nitroso groups, excluding NO2 is 1. The number of hydrogen-bond donors (Lipinski definition) is 0. The topological polar surface area (TPSA) is 29.4 Å². The molecule has 1 aliphatic rings. The lowest BCUT2D eigenvalue weighted by Gasteiger charge is -2.18. The summed E-state index contributed by atoms with van der Waals surface area (Å²) in [6.45, 7) is 5.45. The molecule has 0 bridgehead atoms. The van der Waals surface area contributed by atoms with Crippen molar-refractivity contribution in [2.24, 2.45) is 22.9 Å². The average molecular weight is 338 g/mol. The quantitative estimate of drug-likeness (QED) is 0.481. The normalized spacial score (nSPS) is 30.2. The SMILES string of the molecule is CC1CCCCCCCCC(CCN=O)CCCCCCC(C)C1. The average Bonchev–Trinajstić information content (AvgIpc) is 2.56. The van der Waals surface area contributed by atoms with Gasteiger partial charge in [-0.3, -0.25) is 0 Å². The highest BCUT2D eigenvalue weighted by Gasteiger charge is 2.11. The van der Waals surface area contributed by atoms with Crippen molar-refractivity contribution in [1.29, 1.82) is 0 Å². The Bertz CT molecular complexity index is 292. The first-order chi connectivity index (χ1) is 11.7. The summed E-state index contributed by atoms with van der Waals surface area (Å²) in [5, 5.41) is 3.09. The standard InChI is InChI=1S/C22H43NO/c1-20-13-9-5-3-4-6-11-15-22(17-18-23-24)16-12-8-7-10-14-21(2)19-20/h20-22H,3-19H2,1-2H3. The summed E-state index contributed by atoms with van der Waals surface area (Å²) in [5.41, 5.74) is 0. The molecule has 3 atom stereocenters. The van der Waals surface area contributed by atoms with Gasteiger partial charge in [-0.05, 0) is 30.6 Å². The Labute approximate surface area is 151 Å². The lowest BCUT2D eigenvalue weighted by molar-refractivity contribution is 0.348. The molecule has 3 unspecified atom stereocenters. The fourth-order valence-electron chi connectivity index (χ4n) is 4.50. The monoisotopic (exact) mass is 337 g/mol. The summed E-state index contributed by atoms with van der Waals surface area (Å²) in [4.78, 5) is 10.4. The van der Waals surface area contributed by atoms with Gasteiger partial charge in [0.2, 0.25) is 0 Å². The van der Waals surface area contributed by atoms with Gasteiger partial charge in [-0.15, -0.1) is 0 Å². The van der Waals surface area contributed by atoms with Crippen molar-refractivity contribution in [3.8, 4) is 0 Å². The van der Waals surface area contributed by atoms with Crippen LogP contribution < -0.4 is 0 Å². The van der Waals surface area contributed by atoms with Gasteiger partial charge in [0.25, 0.3) is 0 Å². The molecule has 0 aliphatic heterocycles. The fraction of sp³-hybridized carbons (Fsp3) is 1.00. The molecule has 0 aromatic heterocycles. The third-order valence-corrected chi connectivity index (χ3v) is 6.05. The maximum Gasteiger partial charge on any atom is 0.0813 e. The first-order valence-electron chi connectivity index (χ1n) is 11.0. The molecule has 1 saturated carbocycles. The molecule has 2 nitrogen and oxygen atoms in total. The number of hydrogen-bond acceptors (Lipinski definition) is 2. The fourth-order valence-corrected chi connectivity index (χ4v) is 4.50. The Morgan fingerprint density at radius 3 is 1.54 bits per heavy atom. The molecule has 1 rings (SSSR count). The second-order valence-corrected chi connectivity index (χ2v) is 8.64. The van der Waals surface area contributed by atoms with Gasteiger partial charge in [0.15, 0.2) is 0 Å². The van der Waals surface area contributed by atoms with Gasteiger partial charge in [-0.2, -0.15) is 4.91 Å². The summed E-state index contributed by atoms with van der Waals surface area (Å²) < 4.78 is 0. The van der Waals surface area contributed by atoms with E-state index in [2.05, 4.69) is 19.0 Å². The van der Waals surface area contributed by atoms with Gasteiger partial charge in [0.1, 0.15) is 0 Å². The van der Waals surface area contributed by atoms with Crippen molar-refractivity contribution in [3.63, 3.8) is 0 Å². The van der Waals surface area contributed by atoms with E-state index in [1.807, 2.05) is 0 Å². The van der Waals surface area contributed by atoms with Crippen molar-refractivity contribution >= 4 is 0 Å². The summed E-state index contributed by atoms with van der Waals surface area (Å²) >= 11 is 0. The molecule has 24 heavy (non-hydrogen) atoms. The zero-order valence-corrected chi connectivity index (χ0v) is 16.6. The van der Waals surface area contributed by atoms with Crippen molar-refractivity contribution in [1.82, 2.24) is 0 Å². The maximum absolute atomic E-state index is 10.4. The van der Waals surface area contributed by atoms with Crippen molar-refractivity contribution in [2.75, 3.05) is 6.54 Å². The molecule has 0 saturated heterocycles. The van der Waals surface area contributed by atoms with E-state index < -0.39 is 0 Å². The predicted molar refractivity (Wildman–Crippen MR) is 106 cm³/mol. The summed E-state index contributed by atoms with van der Waals surface area (Å²) in [5.74, 6) is 2.58. The van der Waals surface area contributed by atoms with Crippen molar-refractivity contribution in [2.45, 2.75) is 117 Å². The third-order valence-electron chi connectivity index (χ3n) is 6.05. The molecule has 1 fully saturated rings. The van der Waals surface area contributed by atoms with E-state index in [9.17, 15) is 4.91 Å². The molecule has 1 aliphatic carbocycles. The minimum Gasteiger partial charge on any atom is -0.151 e. The van der Waals surface area contributed by atoms with Gasteiger partial charge in [0, 0.05) is 0 Å². The molecule has 2 heteroatoms. The molecule has 0 aromatic rings. The lowest BCUT2D eigenvalue weighted by atomic mass is 9.88. The molecule has 0 radical (unpaired) electrons. The largest absolute Gasteiger partial charge is 0.151 e. The first kappa shape index (κ1) is 21.6. The van der Waals surface area contributed by atoms with E-state index >= 15 is 0 Å². The van der Waals surface area contributed by atoms with Gasteiger partial charge in [-0.25, -0.2) is 0 Å². The molecule has 0 N–H and O–H groups in total. The van der Waals surface area contributed by atoms with E-state index in [4.69, 9.17) is 0 Å². The summed E-state index contributed by atoms with van der Waals surface area (Å²) in [7, 11) is 0. The van der Waals surface area contributed by atoms with Crippen molar-refractivity contribution < 1.29 is 0 Å². The third kappa shape index (κ3) is 12.0. The van der Waals surface area contributed by atoms with Crippen LogP contribution in [-0.2, 0) is 0 Å². The number of nitrogens with zero attached hydrogens (tertiary/aromatic N) is 1. The zero-order valence-electron chi connectivity index (χ0n) is 16.6. The Morgan fingerprint density at radius 2 is 1.08 bits per heavy atom. The summed E-state index contributed by atoms with van der Waals surface area (Å²) in [6.07, 6.45) is 21.9. The van der Waals surface area contributed by atoms with Crippen LogP contribution >= 0.6 is 0 Å². The predicted octanol–water partition coefficient (Wildman–Crippen LogP) is 7.90. The van der Waals surface area contributed by atoms with Crippen molar-refractivity contribution in [3.05, 3.63) is 4.91 Å². The van der Waals surface area contributed by atoms with Crippen LogP contribution in [0.3, 0.4) is 0 Å². The van der Waals surface area contributed by atoms with Crippen LogP contribution in [0.25, 0.3) is 0 Å². The molecular weight excluding hydrogens is 294 g/mol. The van der Waals surface area contributed by atoms with Crippen LogP contribution in [0.15, 0.2) is 5.18 Å². The van der Waals surface area contributed by atoms with E-state index in [1.54, 1.807) is 0 Å². The van der Waals surface area contributed by atoms with Crippen LogP contribution in [0, 0.1) is 22.7 Å². The van der Waals surface area contributed by atoms with Crippen LogP contribution in [0.5, 0.6) is 0 Å². The van der Waals surface area contributed by atoms with Gasteiger partial charge < -0.3 is 0 Å². The van der Waals surface area contributed by atoms with Gasteiger partial charge in [-0.1, -0.05) is 109 Å². The molecule has 0 heterocycles. The Kier molecular flexibility index (Phi) is 13.4. The highest BCUT2D eigenvalue weighted by molar-refractivity contribution is 4.64. The van der Waals surface area contributed by atoms with E-state index in [0.29, 0.717) is 6.54 Å². The van der Waals surface area contributed by atoms with Crippen LogP contribution in [0.1, 0.15) is 117 Å². The lowest BCUT2D eigenvalue weighted by Crippen LogP contribution is -2.05. The molecule has 0 spiro atoms. The highest BCUT2D eigenvalue weighted by atomic mass is 16.3. The second kappa shape index (κ2) is 14.9. The first-order valence-corrected chi connectivity index (χ1v) is 11.0. The Balaban J connectivity index is 2.33. The maximum atomic E-state index is 10.4. The second-order valence-electron chi connectivity index (χ2n) is 8.64. The Hall–Kier alpha value is -0.400. The number of rotatable bonds is 3. The molecular formula is C22H43NO. The van der Waals surface area contributed by atoms with Crippen LogP contribution in [-0.4, -0.2) is 6.54 Å². The highest BCUT2D eigenvalue weighted by Crippen LogP contribution is 2.25. The van der Waals surface area contributed by atoms with Crippen LogP contribution in [0.4, 0.5) is 0 Å². The van der Waals surface area contributed by atoms with Gasteiger partial charge in [0.05, 0.1) is 6.54 Å². The van der Waals surface area contributed by atoms with E-state index in [0.717, 1.165) is 24.2 Å². The minimum absolute atomic E-state index is 0.528. The zero-order chi connectivity index (χ0) is 17.5.